The number of carbonyl (C=O) groups is 1. The summed E-state index contributed by atoms with van der Waals surface area (Å²) in [5.41, 5.74) is 3.85. The van der Waals surface area contributed by atoms with E-state index in [0.29, 0.717) is 22.4 Å². The SMILES string of the molecule is Cn1cncc1C(=O)c1ccc(C#N)c(-c2cccc3cccnc23)c1. The molecule has 5 nitrogen and oxygen atoms in total. The Kier molecular flexibility index (Phi) is 3.79. The zero-order valence-corrected chi connectivity index (χ0v) is 14.0. The van der Waals surface area contributed by atoms with E-state index in [2.05, 4.69) is 16.0 Å². The molecule has 0 saturated heterocycles. The van der Waals surface area contributed by atoms with Gasteiger partial charge < -0.3 is 4.57 Å². The summed E-state index contributed by atoms with van der Waals surface area (Å²) in [6.45, 7) is 0. The van der Waals surface area contributed by atoms with Crippen LogP contribution in [0.2, 0.25) is 0 Å². The van der Waals surface area contributed by atoms with Gasteiger partial charge in [0.1, 0.15) is 5.69 Å². The van der Waals surface area contributed by atoms with Crippen molar-refractivity contribution in [3.63, 3.8) is 0 Å². The minimum atomic E-state index is -0.135. The number of hydrogen-bond donors (Lipinski definition) is 0. The molecular weight excluding hydrogens is 324 g/mol. The highest BCUT2D eigenvalue weighted by Gasteiger charge is 2.16. The highest BCUT2D eigenvalue weighted by atomic mass is 16.1. The summed E-state index contributed by atoms with van der Waals surface area (Å²) >= 11 is 0. The molecule has 0 atom stereocenters. The maximum atomic E-state index is 12.8. The van der Waals surface area contributed by atoms with E-state index in [1.807, 2.05) is 30.3 Å². The number of nitriles is 1. The van der Waals surface area contributed by atoms with Gasteiger partial charge in [0.05, 0.1) is 29.7 Å². The molecule has 4 aromatic rings. The Labute approximate surface area is 150 Å². The van der Waals surface area contributed by atoms with Crippen molar-refractivity contribution in [3.8, 4) is 17.2 Å². The van der Waals surface area contributed by atoms with Crippen LogP contribution in [0.5, 0.6) is 0 Å². The molecule has 0 aliphatic carbocycles. The van der Waals surface area contributed by atoms with Crippen molar-refractivity contribution in [2.75, 3.05) is 0 Å². The van der Waals surface area contributed by atoms with Gasteiger partial charge in [-0.05, 0) is 24.3 Å². The first-order chi connectivity index (χ1) is 12.7. The van der Waals surface area contributed by atoms with Gasteiger partial charge in [0.2, 0.25) is 5.78 Å². The second kappa shape index (κ2) is 6.26. The lowest BCUT2D eigenvalue weighted by Gasteiger charge is -2.10. The van der Waals surface area contributed by atoms with E-state index in [9.17, 15) is 10.1 Å². The molecule has 26 heavy (non-hydrogen) atoms. The van der Waals surface area contributed by atoms with Gasteiger partial charge in [-0.15, -0.1) is 0 Å². The van der Waals surface area contributed by atoms with E-state index in [4.69, 9.17) is 0 Å². The zero-order chi connectivity index (χ0) is 18.1. The monoisotopic (exact) mass is 338 g/mol. The minimum absolute atomic E-state index is 0.135. The third kappa shape index (κ3) is 2.54. The van der Waals surface area contributed by atoms with E-state index >= 15 is 0 Å². The summed E-state index contributed by atoms with van der Waals surface area (Å²) in [6, 6.07) is 17.0. The van der Waals surface area contributed by atoms with Gasteiger partial charge >= 0.3 is 0 Å². The van der Waals surface area contributed by atoms with E-state index in [-0.39, 0.29) is 5.78 Å². The molecule has 0 aliphatic heterocycles. The van der Waals surface area contributed by atoms with Crippen LogP contribution in [0.1, 0.15) is 21.6 Å². The van der Waals surface area contributed by atoms with Crippen LogP contribution >= 0.6 is 0 Å². The molecule has 0 bridgehead atoms. The molecule has 0 radical (unpaired) electrons. The maximum Gasteiger partial charge on any atom is 0.211 e. The molecule has 0 spiro atoms. The van der Waals surface area contributed by atoms with Crippen molar-refractivity contribution in [1.82, 2.24) is 14.5 Å². The van der Waals surface area contributed by atoms with Crippen LogP contribution in [0.3, 0.4) is 0 Å². The first kappa shape index (κ1) is 15.7. The maximum absolute atomic E-state index is 12.8. The molecule has 0 unspecified atom stereocenters. The Morgan fingerprint density at radius 1 is 1.12 bits per heavy atom. The number of carbonyl (C=O) groups excluding carboxylic acids is 1. The van der Waals surface area contributed by atoms with Crippen molar-refractivity contribution < 1.29 is 4.79 Å². The van der Waals surface area contributed by atoms with Gasteiger partial charge in [-0.1, -0.05) is 24.3 Å². The summed E-state index contributed by atoms with van der Waals surface area (Å²) in [7, 11) is 1.78. The topological polar surface area (TPSA) is 71.6 Å². The first-order valence-corrected chi connectivity index (χ1v) is 8.08. The largest absolute Gasteiger partial charge is 0.331 e. The molecule has 5 heteroatoms. The number of imidazole rings is 1. The van der Waals surface area contributed by atoms with Crippen molar-refractivity contribution in [2.24, 2.45) is 7.05 Å². The highest BCUT2D eigenvalue weighted by molar-refractivity contribution is 6.09. The second-order valence-corrected chi connectivity index (χ2v) is 5.97. The number of hydrogen-bond acceptors (Lipinski definition) is 4. The third-order valence-corrected chi connectivity index (χ3v) is 4.37. The summed E-state index contributed by atoms with van der Waals surface area (Å²) < 4.78 is 1.68. The smallest absolute Gasteiger partial charge is 0.211 e. The number of pyridine rings is 1. The number of fused-ring (bicyclic) bond motifs is 1. The van der Waals surface area contributed by atoms with Gasteiger partial charge in [0.15, 0.2) is 0 Å². The molecule has 2 aromatic heterocycles. The zero-order valence-electron chi connectivity index (χ0n) is 14.0. The fourth-order valence-electron chi connectivity index (χ4n) is 3.05. The number of para-hydroxylation sites is 1. The van der Waals surface area contributed by atoms with Crippen LogP contribution in [0.25, 0.3) is 22.0 Å². The molecule has 2 aromatic carbocycles. The fourth-order valence-corrected chi connectivity index (χ4v) is 3.05. The number of ketones is 1. The Hall–Kier alpha value is -3.78. The summed E-state index contributed by atoms with van der Waals surface area (Å²) in [4.78, 5) is 21.3. The van der Waals surface area contributed by atoms with Gasteiger partial charge in [0, 0.05) is 35.3 Å². The number of aryl methyl sites for hydroxylation is 1. The number of rotatable bonds is 3. The predicted octanol–water partition coefficient (Wildman–Crippen LogP) is 3.74. The van der Waals surface area contributed by atoms with Gasteiger partial charge in [-0.2, -0.15) is 5.26 Å². The van der Waals surface area contributed by atoms with Crippen LogP contribution in [0, 0.1) is 11.3 Å². The predicted molar refractivity (Wildman–Crippen MR) is 98.5 cm³/mol. The van der Waals surface area contributed by atoms with Crippen molar-refractivity contribution in [2.45, 2.75) is 0 Å². The Balaban J connectivity index is 1.92. The Bertz CT molecular complexity index is 1180. The number of aromatic nitrogens is 3. The molecule has 0 fully saturated rings. The fraction of sp³-hybridized carbons (Fsp3) is 0.0476. The van der Waals surface area contributed by atoms with Crippen LogP contribution in [-0.2, 0) is 7.05 Å². The lowest BCUT2D eigenvalue weighted by Crippen LogP contribution is -2.07. The first-order valence-electron chi connectivity index (χ1n) is 8.08. The standard InChI is InChI=1S/C21H14N4O/c1-25-13-23-12-19(25)21(26)15-7-8-16(11-22)18(10-15)17-6-2-4-14-5-3-9-24-20(14)17/h2-10,12-13H,1H3. The molecule has 0 aliphatic rings. The summed E-state index contributed by atoms with van der Waals surface area (Å²) in [6.07, 6.45) is 4.86. The van der Waals surface area contributed by atoms with Gasteiger partial charge in [-0.3, -0.25) is 9.78 Å². The lowest BCUT2D eigenvalue weighted by molar-refractivity contribution is 0.103. The molecule has 0 saturated carbocycles. The highest BCUT2D eigenvalue weighted by Crippen LogP contribution is 2.31. The van der Waals surface area contributed by atoms with E-state index in [0.717, 1.165) is 16.5 Å². The molecule has 0 amide bonds. The third-order valence-electron chi connectivity index (χ3n) is 4.37. The average Bonchev–Trinajstić information content (AvgIpc) is 3.12. The molecule has 2 heterocycles. The quantitative estimate of drug-likeness (QED) is 0.534. The van der Waals surface area contributed by atoms with Crippen LogP contribution in [-0.4, -0.2) is 20.3 Å². The Morgan fingerprint density at radius 3 is 2.73 bits per heavy atom. The molecule has 4 rings (SSSR count). The van der Waals surface area contributed by atoms with Gasteiger partial charge in [0.25, 0.3) is 0 Å². The normalized spacial score (nSPS) is 10.6. The van der Waals surface area contributed by atoms with Crippen molar-refractivity contribution >= 4 is 16.7 Å². The minimum Gasteiger partial charge on any atom is -0.331 e. The molecular formula is C21H14N4O. The average molecular weight is 338 g/mol. The molecule has 0 N–H and O–H groups in total. The van der Waals surface area contributed by atoms with E-state index in [1.165, 1.54) is 0 Å². The Morgan fingerprint density at radius 2 is 1.96 bits per heavy atom. The second-order valence-electron chi connectivity index (χ2n) is 5.97. The van der Waals surface area contributed by atoms with E-state index < -0.39 is 0 Å². The summed E-state index contributed by atoms with van der Waals surface area (Å²) in [5, 5.41) is 10.5. The number of benzene rings is 2. The number of nitrogens with zero attached hydrogens (tertiary/aromatic N) is 4. The van der Waals surface area contributed by atoms with Crippen LogP contribution in [0.15, 0.2) is 67.3 Å². The van der Waals surface area contributed by atoms with Crippen molar-refractivity contribution in [3.05, 3.63) is 84.1 Å². The van der Waals surface area contributed by atoms with Crippen molar-refractivity contribution in [1.29, 1.82) is 5.26 Å². The van der Waals surface area contributed by atoms with E-state index in [1.54, 1.807) is 48.5 Å². The summed E-state index contributed by atoms with van der Waals surface area (Å²) in [5.74, 6) is -0.135. The van der Waals surface area contributed by atoms with Crippen LogP contribution in [0.4, 0.5) is 0 Å². The van der Waals surface area contributed by atoms with Gasteiger partial charge in [-0.25, -0.2) is 4.98 Å². The molecule has 124 valence electrons. The lowest BCUT2D eigenvalue weighted by atomic mass is 9.94. The van der Waals surface area contributed by atoms with Crippen LogP contribution < -0.4 is 0 Å².